The number of hydrogen-bond acceptors (Lipinski definition) is 4. The van der Waals surface area contributed by atoms with Gasteiger partial charge in [-0.15, -0.1) is 0 Å². The third-order valence-corrected chi connectivity index (χ3v) is 4.30. The summed E-state index contributed by atoms with van der Waals surface area (Å²) >= 11 is 0. The van der Waals surface area contributed by atoms with Gasteiger partial charge in [-0.3, -0.25) is 0 Å². The summed E-state index contributed by atoms with van der Waals surface area (Å²) in [6, 6.07) is 8.41. The van der Waals surface area contributed by atoms with Crippen LogP contribution in [-0.4, -0.2) is 39.6 Å². The van der Waals surface area contributed by atoms with Crippen LogP contribution in [0.25, 0.3) is 0 Å². The zero-order valence-electron chi connectivity index (χ0n) is 13.4. The lowest BCUT2D eigenvalue weighted by molar-refractivity contribution is -0.111. The average Bonchev–Trinajstić information content (AvgIpc) is 2.56. The highest BCUT2D eigenvalue weighted by molar-refractivity contribution is 5.32. The molecule has 1 aromatic carbocycles. The van der Waals surface area contributed by atoms with Crippen LogP contribution in [0.5, 0.6) is 5.75 Å². The molecule has 0 saturated carbocycles. The van der Waals surface area contributed by atoms with E-state index < -0.39 is 0 Å². The van der Waals surface area contributed by atoms with Crippen molar-refractivity contribution in [3.05, 3.63) is 29.8 Å². The molecule has 21 heavy (non-hydrogen) atoms. The molecule has 1 N–H and O–H groups in total. The Bertz CT molecular complexity index is 430. The predicted molar refractivity (Wildman–Crippen MR) is 83.8 cm³/mol. The molecule has 1 aliphatic rings. The van der Waals surface area contributed by atoms with E-state index >= 15 is 0 Å². The van der Waals surface area contributed by atoms with E-state index in [9.17, 15) is 0 Å². The van der Waals surface area contributed by atoms with Gasteiger partial charge in [0.05, 0.1) is 18.8 Å². The zero-order valence-corrected chi connectivity index (χ0v) is 13.4. The van der Waals surface area contributed by atoms with Crippen molar-refractivity contribution in [2.75, 3.05) is 34.0 Å². The molecule has 1 atom stereocenters. The molecule has 0 radical (unpaired) electrons. The minimum Gasteiger partial charge on any atom is -0.497 e. The molecule has 0 aliphatic carbocycles. The molecule has 0 amide bonds. The lowest BCUT2D eigenvalue weighted by atomic mass is 9.82. The zero-order chi connectivity index (χ0) is 15.1. The summed E-state index contributed by atoms with van der Waals surface area (Å²) in [7, 11) is 3.51. The van der Waals surface area contributed by atoms with Crippen LogP contribution in [0, 0.1) is 0 Å². The molecule has 0 spiro atoms. The Morgan fingerprint density at radius 3 is 2.67 bits per heavy atom. The lowest BCUT2D eigenvalue weighted by Gasteiger charge is -2.43. The first kappa shape index (κ1) is 16.3. The number of methoxy groups -OCH3 is 2. The van der Waals surface area contributed by atoms with E-state index in [1.54, 1.807) is 7.11 Å². The second-order valence-electron chi connectivity index (χ2n) is 5.55. The summed E-state index contributed by atoms with van der Waals surface area (Å²) in [6.45, 7) is 4.65. The van der Waals surface area contributed by atoms with Gasteiger partial charge >= 0.3 is 0 Å². The Balaban J connectivity index is 2.31. The third kappa shape index (κ3) is 3.76. The fourth-order valence-corrected chi connectivity index (χ4v) is 3.04. The molecule has 118 valence electrons. The van der Waals surface area contributed by atoms with Crippen LogP contribution in [0.3, 0.4) is 0 Å². The van der Waals surface area contributed by atoms with Gasteiger partial charge in [0, 0.05) is 33.2 Å². The topological polar surface area (TPSA) is 39.7 Å². The quantitative estimate of drug-likeness (QED) is 0.839. The summed E-state index contributed by atoms with van der Waals surface area (Å²) in [4.78, 5) is 0. The molecule has 1 fully saturated rings. The largest absolute Gasteiger partial charge is 0.497 e. The first-order valence-corrected chi connectivity index (χ1v) is 7.76. The van der Waals surface area contributed by atoms with Crippen molar-refractivity contribution >= 4 is 0 Å². The van der Waals surface area contributed by atoms with E-state index in [1.807, 2.05) is 19.2 Å². The predicted octanol–water partition coefficient (Wildman–Crippen LogP) is 2.93. The van der Waals surface area contributed by atoms with Crippen LogP contribution >= 0.6 is 0 Å². The van der Waals surface area contributed by atoms with Crippen molar-refractivity contribution in [2.24, 2.45) is 0 Å². The van der Waals surface area contributed by atoms with Crippen molar-refractivity contribution < 1.29 is 14.2 Å². The molecule has 1 aromatic rings. The van der Waals surface area contributed by atoms with Crippen LogP contribution in [0.2, 0.25) is 0 Å². The van der Waals surface area contributed by atoms with Crippen molar-refractivity contribution in [3.8, 4) is 5.75 Å². The summed E-state index contributed by atoms with van der Waals surface area (Å²) in [5.74, 6) is 0.883. The summed E-state index contributed by atoms with van der Waals surface area (Å²) < 4.78 is 16.9. The minimum atomic E-state index is -0.209. The lowest BCUT2D eigenvalue weighted by Crippen LogP contribution is -2.49. The maximum atomic E-state index is 5.98. The van der Waals surface area contributed by atoms with Crippen LogP contribution in [-0.2, 0) is 9.47 Å². The van der Waals surface area contributed by atoms with E-state index in [0.717, 1.165) is 44.8 Å². The molecule has 4 nitrogen and oxygen atoms in total. The molecular formula is C17H27NO3. The van der Waals surface area contributed by atoms with Crippen LogP contribution in [0.4, 0.5) is 0 Å². The van der Waals surface area contributed by atoms with E-state index in [1.165, 1.54) is 5.56 Å². The maximum Gasteiger partial charge on any atom is 0.119 e. The maximum absolute atomic E-state index is 5.98. The van der Waals surface area contributed by atoms with Gasteiger partial charge in [0.15, 0.2) is 0 Å². The molecular weight excluding hydrogens is 266 g/mol. The van der Waals surface area contributed by atoms with Gasteiger partial charge in [-0.05, 0) is 30.7 Å². The standard InChI is InChI=1S/C17H27NO3/c1-4-10-18-16(14-6-5-7-15(13-14)19-2)17(20-3)8-11-21-12-9-17/h5-7,13,16,18H,4,8-12H2,1-3H3. The normalized spacial score (nSPS) is 19.2. The number of rotatable bonds is 7. The number of benzene rings is 1. The van der Waals surface area contributed by atoms with Gasteiger partial charge in [0.1, 0.15) is 5.75 Å². The van der Waals surface area contributed by atoms with Crippen LogP contribution in [0.15, 0.2) is 24.3 Å². The smallest absolute Gasteiger partial charge is 0.119 e. The fraction of sp³-hybridized carbons (Fsp3) is 0.647. The number of hydrogen-bond donors (Lipinski definition) is 1. The van der Waals surface area contributed by atoms with Crippen LogP contribution in [0.1, 0.15) is 37.8 Å². The van der Waals surface area contributed by atoms with Gasteiger partial charge in [0.2, 0.25) is 0 Å². The Morgan fingerprint density at radius 1 is 1.29 bits per heavy atom. The molecule has 1 saturated heterocycles. The monoisotopic (exact) mass is 293 g/mol. The third-order valence-electron chi connectivity index (χ3n) is 4.30. The SMILES string of the molecule is CCCNC(c1cccc(OC)c1)C1(OC)CCOCC1. The minimum absolute atomic E-state index is 0.154. The van der Waals surface area contributed by atoms with Gasteiger partial charge in [-0.1, -0.05) is 19.1 Å². The Morgan fingerprint density at radius 2 is 2.05 bits per heavy atom. The van der Waals surface area contributed by atoms with Gasteiger partial charge < -0.3 is 19.5 Å². The molecule has 4 heteroatoms. The average molecular weight is 293 g/mol. The van der Waals surface area contributed by atoms with Gasteiger partial charge in [-0.2, -0.15) is 0 Å². The molecule has 1 aliphatic heterocycles. The molecule has 2 rings (SSSR count). The highest BCUT2D eigenvalue weighted by Crippen LogP contribution is 2.38. The molecule has 0 bridgehead atoms. The van der Waals surface area contributed by atoms with E-state index in [-0.39, 0.29) is 11.6 Å². The second kappa shape index (κ2) is 7.78. The van der Waals surface area contributed by atoms with E-state index in [0.29, 0.717) is 0 Å². The Hall–Kier alpha value is -1.10. The molecule has 1 unspecified atom stereocenters. The van der Waals surface area contributed by atoms with Crippen molar-refractivity contribution in [1.29, 1.82) is 0 Å². The van der Waals surface area contributed by atoms with E-state index in [4.69, 9.17) is 14.2 Å². The number of nitrogens with one attached hydrogen (secondary N) is 1. The fourth-order valence-electron chi connectivity index (χ4n) is 3.04. The summed E-state index contributed by atoms with van der Waals surface area (Å²) in [5, 5.41) is 3.66. The highest BCUT2D eigenvalue weighted by Gasteiger charge is 2.41. The Kier molecular flexibility index (Phi) is 6.03. The summed E-state index contributed by atoms with van der Waals surface area (Å²) in [6.07, 6.45) is 2.90. The van der Waals surface area contributed by atoms with Gasteiger partial charge in [0.25, 0.3) is 0 Å². The summed E-state index contributed by atoms with van der Waals surface area (Å²) in [5.41, 5.74) is 1.01. The first-order valence-electron chi connectivity index (χ1n) is 7.76. The molecule has 1 heterocycles. The van der Waals surface area contributed by atoms with E-state index in [2.05, 4.69) is 24.4 Å². The van der Waals surface area contributed by atoms with Crippen molar-refractivity contribution in [3.63, 3.8) is 0 Å². The first-order chi connectivity index (χ1) is 10.3. The number of ether oxygens (including phenoxy) is 3. The van der Waals surface area contributed by atoms with Crippen molar-refractivity contribution in [2.45, 2.75) is 37.8 Å². The van der Waals surface area contributed by atoms with Crippen LogP contribution < -0.4 is 10.1 Å². The van der Waals surface area contributed by atoms with Gasteiger partial charge in [-0.25, -0.2) is 0 Å². The highest BCUT2D eigenvalue weighted by atomic mass is 16.5. The van der Waals surface area contributed by atoms with Crippen molar-refractivity contribution in [1.82, 2.24) is 5.32 Å². The Labute approximate surface area is 127 Å². The second-order valence-corrected chi connectivity index (χ2v) is 5.55. The molecule has 0 aromatic heterocycles.